The molecule has 2 aliphatic heterocycles. The molecule has 1 atom stereocenters. The molecule has 0 amide bonds. The van der Waals surface area contributed by atoms with Gasteiger partial charge in [0.1, 0.15) is 11.3 Å². The second kappa shape index (κ2) is 6.34. The SMILES string of the molecule is c1cnc2c(c1)nc(C1CCOCC1)n2CC1CCCOC1. The zero-order valence-electron chi connectivity index (χ0n) is 12.9. The number of hydrogen-bond acceptors (Lipinski definition) is 4. The van der Waals surface area contributed by atoms with Crippen LogP contribution in [-0.4, -0.2) is 41.0 Å². The number of nitrogens with zero attached hydrogens (tertiary/aromatic N) is 3. The maximum absolute atomic E-state index is 5.65. The van der Waals surface area contributed by atoms with Crippen LogP contribution in [0.1, 0.15) is 37.4 Å². The van der Waals surface area contributed by atoms with E-state index >= 15 is 0 Å². The number of rotatable bonds is 3. The molecule has 22 heavy (non-hydrogen) atoms. The Morgan fingerprint density at radius 1 is 1.14 bits per heavy atom. The van der Waals surface area contributed by atoms with Crippen molar-refractivity contribution < 1.29 is 9.47 Å². The lowest BCUT2D eigenvalue weighted by atomic mass is 9.98. The fourth-order valence-electron chi connectivity index (χ4n) is 3.63. The van der Waals surface area contributed by atoms with E-state index in [2.05, 4.69) is 15.6 Å². The number of fused-ring (bicyclic) bond motifs is 1. The van der Waals surface area contributed by atoms with Gasteiger partial charge in [0, 0.05) is 44.4 Å². The van der Waals surface area contributed by atoms with Gasteiger partial charge >= 0.3 is 0 Å². The Kier molecular flexibility index (Phi) is 4.08. The van der Waals surface area contributed by atoms with Crippen molar-refractivity contribution in [3.63, 3.8) is 0 Å². The minimum absolute atomic E-state index is 0.493. The van der Waals surface area contributed by atoms with Crippen molar-refractivity contribution in [1.29, 1.82) is 0 Å². The second-order valence-electron chi connectivity index (χ2n) is 6.40. The van der Waals surface area contributed by atoms with E-state index in [1.807, 2.05) is 12.3 Å². The van der Waals surface area contributed by atoms with Gasteiger partial charge in [-0.25, -0.2) is 9.97 Å². The summed E-state index contributed by atoms with van der Waals surface area (Å²) in [5, 5.41) is 0. The molecule has 2 aromatic heterocycles. The summed E-state index contributed by atoms with van der Waals surface area (Å²) in [6.07, 6.45) is 6.39. The van der Waals surface area contributed by atoms with Crippen molar-refractivity contribution in [2.45, 2.75) is 38.1 Å². The molecule has 2 fully saturated rings. The van der Waals surface area contributed by atoms with Gasteiger partial charge < -0.3 is 14.0 Å². The molecule has 4 rings (SSSR count). The van der Waals surface area contributed by atoms with Gasteiger partial charge in [0.25, 0.3) is 0 Å². The molecule has 0 saturated carbocycles. The largest absolute Gasteiger partial charge is 0.381 e. The maximum atomic E-state index is 5.65. The van der Waals surface area contributed by atoms with Crippen LogP contribution in [0.2, 0.25) is 0 Å². The lowest BCUT2D eigenvalue weighted by Crippen LogP contribution is -2.25. The normalized spacial score (nSPS) is 23.9. The average Bonchev–Trinajstić information content (AvgIpc) is 2.95. The molecule has 5 heteroatoms. The minimum atomic E-state index is 0.493. The third kappa shape index (κ3) is 2.75. The lowest BCUT2D eigenvalue weighted by Gasteiger charge is -2.26. The van der Waals surface area contributed by atoms with E-state index < -0.39 is 0 Å². The van der Waals surface area contributed by atoms with Crippen molar-refractivity contribution in [3.05, 3.63) is 24.2 Å². The number of imidazole rings is 1. The van der Waals surface area contributed by atoms with Crippen LogP contribution in [0, 0.1) is 5.92 Å². The van der Waals surface area contributed by atoms with Crippen molar-refractivity contribution in [1.82, 2.24) is 14.5 Å². The summed E-state index contributed by atoms with van der Waals surface area (Å²) >= 11 is 0. The van der Waals surface area contributed by atoms with Gasteiger partial charge in [0.05, 0.1) is 6.61 Å². The smallest absolute Gasteiger partial charge is 0.160 e. The van der Waals surface area contributed by atoms with Gasteiger partial charge in [-0.15, -0.1) is 0 Å². The zero-order chi connectivity index (χ0) is 14.8. The number of pyridine rings is 1. The van der Waals surface area contributed by atoms with Crippen molar-refractivity contribution in [2.75, 3.05) is 26.4 Å². The Bertz CT molecular complexity index is 628. The third-order valence-electron chi connectivity index (χ3n) is 4.82. The van der Waals surface area contributed by atoms with Crippen LogP contribution in [0.4, 0.5) is 0 Å². The molecule has 4 heterocycles. The molecule has 5 nitrogen and oxygen atoms in total. The summed E-state index contributed by atoms with van der Waals surface area (Å²) in [7, 11) is 0. The van der Waals surface area contributed by atoms with E-state index in [0.29, 0.717) is 11.8 Å². The molecular weight excluding hydrogens is 278 g/mol. The Hall–Kier alpha value is -1.46. The van der Waals surface area contributed by atoms with Gasteiger partial charge in [-0.2, -0.15) is 0 Å². The van der Waals surface area contributed by atoms with Crippen LogP contribution in [0.15, 0.2) is 18.3 Å². The number of ether oxygens (including phenoxy) is 2. The molecule has 118 valence electrons. The summed E-state index contributed by atoms with van der Waals surface area (Å²) < 4.78 is 13.5. The molecule has 1 unspecified atom stereocenters. The van der Waals surface area contributed by atoms with Gasteiger partial charge in [0.15, 0.2) is 5.65 Å². The average molecular weight is 301 g/mol. The van der Waals surface area contributed by atoms with Crippen LogP contribution < -0.4 is 0 Å². The Labute approximate surface area is 130 Å². The van der Waals surface area contributed by atoms with Gasteiger partial charge in [-0.1, -0.05) is 0 Å². The standard InChI is InChI=1S/C17H23N3O2/c1-4-15-17(18-7-1)20(11-13-3-2-8-22-12-13)16(19-15)14-5-9-21-10-6-14/h1,4,7,13-14H,2-3,5-6,8-12H2. The highest BCUT2D eigenvalue weighted by molar-refractivity contribution is 5.71. The minimum Gasteiger partial charge on any atom is -0.381 e. The first-order valence-corrected chi connectivity index (χ1v) is 8.38. The first kappa shape index (κ1) is 14.2. The quantitative estimate of drug-likeness (QED) is 0.874. The highest BCUT2D eigenvalue weighted by Crippen LogP contribution is 2.30. The van der Waals surface area contributed by atoms with Crippen LogP contribution in [0.3, 0.4) is 0 Å². The number of aromatic nitrogens is 3. The van der Waals surface area contributed by atoms with E-state index in [9.17, 15) is 0 Å². The monoisotopic (exact) mass is 301 g/mol. The van der Waals surface area contributed by atoms with Crippen molar-refractivity contribution in [3.8, 4) is 0 Å². The summed E-state index contributed by atoms with van der Waals surface area (Å²) in [6, 6.07) is 4.04. The highest BCUT2D eigenvalue weighted by Gasteiger charge is 2.25. The fraction of sp³-hybridized carbons (Fsp3) is 0.647. The molecule has 2 aliphatic rings. The summed E-state index contributed by atoms with van der Waals surface area (Å²) in [4.78, 5) is 9.50. The Balaban J connectivity index is 1.69. The number of hydrogen-bond donors (Lipinski definition) is 0. The molecule has 0 spiro atoms. The van der Waals surface area contributed by atoms with Crippen molar-refractivity contribution >= 4 is 11.2 Å². The molecule has 0 radical (unpaired) electrons. The van der Waals surface area contributed by atoms with E-state index in [-0.39, 0.29) is 0 Å². The van der Waals surface area contributed by atoms with Gasteiger partial charge in [-0.05, 0) is 37.8 Å². The van der Waals surface area contributed by atoms with Gasteiger partial charge in [-0.3, -0.25) is 0 Å². The molecule has 0 N–H and O–H groups in total. The van der Waals surface area contributed by atoms with Crippen molar-refractivity contribution in [2.24, 2.45) is 5.92 Å². The van der Waals surface area contributed by atoms with Crippen LogP contribution in [0.25, 0.3) is 11.2 Å². The molecular formula is C17H23N3O2. The van der Waals surface area contributed by atoms with E-state index in [1.165, 1.54) is 12.2 Å². The zero-order valence-corrected chi connectivity index (χ0v) is 12.9. The predicted molar refractivity (Wildman–Crippen MR) is 83.9 cm³/mol. The lowest BCUT2D eigenvalue weighted by molar-refractivity contribution is 0.0474. The molecule has 0 aromatic carbocycles. The van der Waals surface area contributed by atoms with Crippen LogP contribution in [-0.2, 0) is 16.0 Å². The van der Waals surface area contributed by atoms with Crippen LogP contribution in [0.5, 0.6) is 0 Å². The summed E-state index contributed by atoms with van der Waals surface area (Å²) in [5.41, 5.74) is 2.04. The fourth-order valence-corrected chi connectivity index (χ4v) is 3.63. The van der Waals surface area contributed by atoms with Gasteiger partial charge in [0.2, 0.25) is 0 Å². The first-order valence-electron chi connectivity index (χ1n) is 8.38. The van der Waals surface area contributed by atoms with E-state index in [1.54, 1.807) is 0 Å². The van der Waals surface area contributed by atoms with E-state index in [0.717, 1.165) is 63.4 Å². The Morgan fingerprint density at radius 2 is 2.05 bits per heavy atom. The van der Waals surface area contributed by atoms with E-state index in [4.69, 9.17) is 14.5 Å². The topological polar surface area (TPSA) is 49.2 Å². The highest BCUT2D eigenvalue weighted by atomic mass is 16.5. The molecule has 2 aromatic rings. The molecule has 0 aliphatic carbocycles. The second-order valence-corrected chi connectivity index (χ2v) is 6.40. The summed E-state index contributed by atoms with van der Waals surface area (Å²) in [5.74, 6) is 2.27. The molecule has 0 bridgehead atoms. The maximum Gasteiger partial charge on any atom is 0.160 e. The van der Waals surface area contributed by atoms with Crippen LogP contribution >= 0.6 is 0 Å². The summed E-state index contributed by atoms with van der Waals surface area (Å²) in [6.45, 7) is 4.42. The first-order chi connectivity index (χ1) is 10.9. The third-order valence-corrected chi connectivity index (χ3v) is 4.82. The molecule has 2 saturated heterocycles. The Morgan fingerprint density at radius 3 is 2.86 bits per heavy atom. The predicted octanol–water partition coefficient (Wildman–Crippen LogP) is 2.75.